The third-order valence-electron chi connectivity index (χ3n) is 10.8. The Kier molecular flexibility index (Phi) is 19.8. The summed E-state index contributed by atoms with van der Waals surface area (Å²) in [6.45, 7) is 11.7. The molecular formula is C48H57ClF2N10O15. The van der Waals surface area contributed by atoms with Crippen LogP contribution in [0.15, 0.2) is 47.5 Å². The minimum atomic E-state index is -0.971. The van der Waals surface area contributed by atoms with Crippen molar-refractivity contribution in [1.29, 1.82) is 0 Å². The number of nitrogens with two attached hydrogens (primary N) is 1. The Hall–Kier alpha value is -8.20. The van der Waals surface area contributed by atoms with E-state index in [0.717, 1.165) is 31.7 Å². The van der Waals surface area contributed by atoms with Gasteiger partial charge in [-0.3, -0.25) is 72.5 Å². The quantitative estimate of drug-likeness (QED) is 0.199. The third kappa shape index (κ3) is 16.4. The van der Waals surface area contributed by atoms with Crippen LogP contribution >= 0.6 is 11.6 Å². The molecule has 0 spiro atoms. The van der Waals surface area contributed by atoms with Crippen molar-refractivity contribution >= 4 is 77.0 Å². The van der Waals surface area contributed by atoms with Gasteiger partial charge in [0.05, 0.1) is 37.4 Å². The molecule has 0 unspecified atom stereocenters. The van der Waals surface area contributed by atoms with Crippen LogP contribution in [-0.2, 0) is 54.4 Å². The Morgan fingerprint density at radius 3 is 1.67 bits per heavy atom. The summed E-state index contributed by atoms with van der Waals surface area (Å²) < 4.78 is 43.3. The lowest BCUT2D eigenvalue weighted by Gasteiger charge is -2.20. The van der Waals surface area contributed by atoms with Gasteiger partial charge in [-0.25, -0.2) is 23.4 Å². The van der Waals surface area contributed by atoms with Crippen LogP contribution in [-0.4, -0.2) is 146 Å². The Balaban J connectivity index is 0.000000256. The molecule has 3 aromatic rings. The highest BCUT2D eigenvalue weighted by Gasteiger charge is 2.39. The number of likely N-dealkylation sites (N-methyl/N-ethyl adjacent to an activating group) is 3. The number of amides is 11. The molecule has 4 aliphatic heterocycles. The minimum absolute atomic E-state index is 0.00538. The Morgan fingerprint density at radius 2 is 1.24 bits per heavy atom. The predicted octanol–water partition coefficient (Wildman–Crippen LogP) is 1.44. The lowest BCUT2D eigenvalue weighted by atomic mass is 10.1. The summed E-state index contributed by atoms with van der Waals surface area (Å²) in [5.41, 5.74) is 4.38. The molecule has 76 heavy (non-hydrogen) atoms. The lowest BCUT2D eigenvalue weighted by molar-refractivity contribution is -0.138. The van der Waals surface area contributed by atoms with E-state index < -0.39 is 94.3 Å². The number of carbonyl (C=O) groups is 11. The Bertz CT molecular complexity index is 2900. The molecule has 5 heterocycles. The summed E-state index contributed by atoms with van der Waals surface area (Å²) >= 11 is 6.16. The highest BCUT2D eigenvalue weighted by Crippen LogP contribution is 2.23. The van der Waals surface area contributed by atoms with Crippen LogP contribution < -0.4 is 37.3 Å². The molecule has 7 rings (SSSR count). The second-order valence-electron chi connectivity index (χ2n) is 19.2. The fourth-order valence-corrected chi connectivity index (χ4v) is 7.01. The fourth-order valence-electron chi connectivity index (χ4n) is 6.82. The zero-order valence-electron chi connectivity index (χ0n) is 43.0. The summed E-state index contributed by atoms with van der Waals surface area (Å²) in [6, 6.07) is 4.32. The van der Waals surface area contributed by atoms with Gasteiger partial charge in [-0.1, -0.05) is 17.7 Å². The van der Waals surface area contributed by atoms with Crippen LogP contribution in [0.4, 0.5) is 18.4 Å². The molecule has 2 aromatic carbocycles. The van der Waals surface area contributed by atoms with Gasteiger partial charge in [-0.2, -0.15) is 0 Å². The van der Waals surface area contributed by atoms with Crippen molar-refractivity contribution in [1.82, 2.24) is 45.5 Å². The van der Waals surface area contributed by atoms with Gasteiger partial charge >= 0.3 is 12.2 Å². The van der Waals surface area contributed by atoms with E-state index >= 15 is 0 Å². The van der Waals surface area contributed by atoms with Crippen molar-refractivity contribution < 1.29 is 75.7 Å². The molecule has 11 amide bonds. The van der Waals surface area contributed by atoms with E-state index in [4.69, 9.17) is 31.5 Å². The molecule has 4 atom stereocenters. The fraction of sp³-hybridized carbons (Fsp3) is 0.438. The summed E-state index contributed by atoms with van der Waals surface area (Å²) in [5.74, 6) is -5.37. The van der Waals surface area contributed by atoms with Crippen LogP contribution in [0, 0.1) is 18.6 Å². The molecule has 4 saturated heterocycles. The Morgan fingerprint density at radius 1 is 0.724 bits per heavy atom. The van der Waals surface area contributed by atoms with E-state index in [2.05, 4.69) is 26.3 Å². The average molecular weight is 1090 g/mol. The normalized spacial score (nSPS) is 19.2. The molecule has 4 aliphatic rings. The van der Waals surface area contributed by atoms with Gasteiger partial charge in [0.25, 0.3) is 23.3 Å². The number of ether oxygens (including phenoxy) is 3. The van der Waals surface area contributed by atoms with E-state index in [0.29, 0.717) is 17.3 Å². The SMILES string of the molecule is CC(C)(C)OC(=O)N[C@H]1CC(=O)NC1=O.CN1C(=O)C[C@H](N)C1=O.CN1C(=O)C[C@H](NC(=O)OC(C)(C)C)C1=O.Cc1ccc(C(=O)N[C@H]2CC(=O)N(C)C2=O)cc1-n1cnc(OCc2ccc(F)cc2F)c(Cl)c1=O. The number of aromatic nitrogens is 2. The van der Waals surface area contributed by atoms with Crippen molar-refractivity contribution in [2.24, 2.45) is 5.73 Å². The largest absolute Gasteiger partial charge is 0.471 e. The van der Waals surface area contributed by atoms with E-state index in [1.54, 1.807) is 54.5 Å². The topological polar surface area (TPSA) is 334 Å². The molecule has 6 N–H and O–H groups in total. The van der Waals surface area contributed by atoms with E-state index in [-0.39, 0.29) is 77.9 Å². The summed E-state index contributed by atoms with van der Waals surface area (Å²) in [4.78, 5) is 145. The second-order valence-corrected chi connectivity index (χ2v) is 19.6. The zero-order valence-corrected chi connectivity index (χ0v) is 43.7. The number of aryl methyl sites for hydroxylation is 1. The minimum Gasteiger partial charge on any atom is -0.471 e. The summed E-state index contributed by atoms with van der Waals surface area (Å²) in [7, 11) is 4.17. The maximum Gasteiger partial charge on any atom is 0.408 e. The van der Waals surface area contributed by atoms with E-state index in [1.807, 2.05) is 0 Å². The van der Waals surface area contributed by atoms with Gasteiger partial charge in [0.1, 0.15) is 53.9 Å². The molecule has 1 aromatic heterocycles. The van der Waals surface area contributed by atoms with E-state index in [9.17, 15) is 66.3 Å². The number of halogens is 3. The zero-order chi connectivity index (χ0) is 57.3. The molecule has 0 aliphatic carbocycles. The highest BCUT2D eigenvalue weighted by molar-refractivity contribution is 6.31. The Labute approximate surface area is 438 Å². The maximum absolute atomic E-state index is 13.8. The number of hydrogen-bond acceptors (Lipinski definition) is 17. The number of nitrogens with one attached hydrogen (secondary N) is 4. The van der Waals surface area contributed by atoms with Crippen LogP contribution in [0.2, 0.25) is 5.02 Å². The summed E-state index contributed by atoms with van der Waals surface area (Å²) in [6.07, 6.45) is -0.251. The van der Waals surface area contributed by atoms with Crippen molar-refractivity contribution in [3.8, 4) is 11.6 Å². The van der Waals surface area contributed by atoms with Crippen LogP contribution in [0.1, 0.15) is 88.7 Å². The average Bonchev–Trinajstić information content (AvgIpc) is 3.92. The van der Waals surface area contributed by atoms with E-state index in [1.165, 1.54) is 39.3 Å². The van der Waals surface area contributed by atoms with Crippen molar-refractivity contribution in [3.63, 3.8) is 0 Å². The molecule has 410 valence electrons. The predicted molar refractivity (Wildman–Crippen MR) is 261 cm³/mol. The van der Waals surface area contributed by atoms with Crippen LogP contribution in [0.3, 0.4) is 0 Å². The maximum atomic E-state index is 13.8. The monoisotopic (exact) mass is 1090 g/mol. The first-order valence-electron chi connectivity index (χ1n) is 22.9. The highest BCUT2D eigenvalue weighted by atomic mass is 35.5. The number of alkyl carbamates (subject to hydrolysis) is 2. The first kappa shape index (κ1) is 60.4. The number of likely N-dealkylation sites (tertiary alicyclic amines) is 3. The lowest BCUT2D eigenvalue weighted by Crippen LogP contribution is -2.43. The van der Waals surface area contributed by atoms with Crippen molar-refractivity contribution in [2.45, 2.75) is 116 Å². The molecule has 0 bridgehead atoms. The van der Waals surface area contributed by atoms with Gasteiger partial charge < -0.3 is 35.9 Å². The van der Waals surface area contributed by atoms with Crippen LogP contribution in [0.25, 0.3) is 5.69 Å². The molecule has 4 fully saturated rings. The number of hydrogen-bond donors (Lipinski definition) is 5. The second kappa shape index (κ2) is 24.9. The van der Waals surface area contributed by atoms with Gasteiger partial charge in [0.2, 0.25) is 41.3 Å². The number of imide groups is 4. The van der Waals surface area contributed by atoms with Crippen molar-refractivity contribution in [3.05, 3.63) is 86.4 Å². The van der Waals surface area contributed by atoms with Gasteiger partial charge in [-0.15, -0.1) is 0 Å². The molecule has 25 nitrogen and oxygen atoms in total. The number of benzene rings is 2. The standard InChI is InChI=1S/C24H19ClF2N4O5.C10H16N2O4.C9H14N2O4.C5H8N2O2/c1-12-3-4-13(21(33)29-17-9-19(32)30(2)23(17)34)7-18(12)31-11-28-22(20(25)24(31)35)36-10-14-5-6-15(26)8-16(14)27;1-10(2,3)16-9(15)11-6-5-7(13)12(4)8(6)14;1-9(2,3)15-8(14)10-5-4-6(12)11-7(5)13;1-7-4(8)2-3(6)5(7)9/h3-8,11,17H,9-10H2,1-2H3,(H,29,33);6H,5H2,1-4H3,(H,11,15);5H,4H2,1-3H3,(H,10,14)(H,11,12,13);3H,2,6H2,1H3/t17-;6-;5-;3-/m0000/s1. The van der Waals surface area contributed by atoms with Crippen LogP contribution in [0.5, 0.6) is 5.88 Å². The van der Waals surface area contributed by atoms with Gasteiger partial charge in [-0.05, 0) is 78.3 Å². The smallest absolute Gasteiger partial charge is 0.408 e. The first-order chi connectivity index (χ1) is 35.2. The number of rotatable bonds is 8. The first-order valence-corrected chi connectivity index (χ1v) is 23.3. The van der Waals surface area contributed by atoms with Gasteiger partial charge in [0.15, 0.2) is 5.02 Å². The van der Waals surface area contributed by atoms with Crippen molar-refractivity contribution in [2.75, 3.05) is 21.1 Å². The van der Waals surface area contributed by atoms with Gasteiger partial charge in [0, 0.05) is 38.3 Å². The molecule has 28 heteroatoms. The molecule has 0 saturated carbocycles. The molecule has 0 radical (unpaired) electrons. The third-order valence-corrected chi connectivity index (χ3v) is 11.2. The number of nitrogens with zero attached hydrogens (tertiary/aromatic N) is 5. The summed E-state index contributed by atoms with van der Waals surface area (Å²) in [5, 5.41) is 8.92. The molecular weight excluding hydrogens is 1030 g/mol. The number of carbonyl (C=O) groups excluding carboxylic acids is 11.